The second kappa shape index (κ2) is 3.88. The van der Waals surface area contributed by atoms with E-state index < -0.39 is 0 Å². The summed E-state index contributed by atoms with van der Waals surface area (Å²) in [7, 11) is 1.62. The van der Waals surface area contributed by atoms with Crippen LogP contribution < -0.4 is 9.47 Å². The Morgan fingerprint density at radius 1 is 1.29 bits per heavy atom. The average Bonchev–Trinajstić information content (AvgIpc) is 2.24. The maximum atomic E-state index is 9.34. The molecule has 1 fully saturated rings. The minimum absolute atomic E-state index is 0.0397. The lowest BCUT2D eigenvalue weighted by atomic mass is 9.92. The first-order chi connectivity index (χ1) is 6.79. The molecule has 0 saturated heterocycles. The van der Waals surface area contributed by atoms with Crippen LogP contribution in [0.1, 0.15) is 12.8 Å². The summed E-state index contributed by atoms with van der Waals surface area (Å²) in [5, 5.41) is 9.34. The summed E-state index contributed by atoms with van der Waals surface area (Å²) >= 11 is 0. The van der Waals surface area contributed by atoms with Gasteiger partial charge in [-0.3, -0.25) is 0 Å². The van der Waals surface area contributed by atoms with E-state index in [2.05, 4.69) is 0 Å². The largest absolute Gasteiger partial charge is 0.497 e. The average molecular weight is 194 g/mol. The van der Waals surface area contributed by atoms with Crippen LogP contribution in [0, 0.1) is 0 Å². The minimum Gasteiger partial charge on any atom is -0.497 e. The first-order valence-electron chi connectivity index (χ1n) is 4.78. The number of rotatable bonds is 3. The Hall–Kier alpha value is -1.22. The van der Waals surface area contributed by atoms with E-state index in [1.54, 1.807) is 7.11 Å². The number of hydrogen-bond acceptors (Lipinski definition) is 3. The fraction of sp³-hybridized carbons (Fsp3) is 0.455. The molecule has 0 bridgehead atoms. The predicted molar refractivity (Wildman–Crippen MR) is 52.7 cm³/mol. The van der Waals surface area contributed by atoms with Gasteiger partial charge in [0.2, 0.25) is 0 Å². The molecule has 0 aromatic heterocycles. The molecule has 0 heterocycles. The topological polar surface area (TPSA) is 38.7 Å². The van der Waals surface area contributed by atoms with Crippen LogP contribution in [0.3, 0.4) is 0 Å². The molecule has 0 aliphatic heterocycles. The van der Waals surface area contributed by atoms with E-state index in [-0.39, 0.29) is 12.2 Å². The molecule has 1 saturated carbocycles. The van der Waals surface area contributed by atoms with E-state index in [4.69, 9.17) is 9.47 Å². The van der Waals surface area contributed by atoms with Gasteiger partial charge in [-0.05, 0) is 25.0 Å². The van der Waals surface area contributed by atoms with Gasteiger partial charge in [0.15, 0.2) is 0 Å². The van der Waals surface area contributed by atoms with Crippen LogP contribution in [0.5, 0.6) is 11.5 Å². The first kappa shape index (κ1) is 9.34. The zero-order valence-corrected chi connectivity index (χ0v) is 8.14. The van der Waals surface area contributed by atoms with E-state index in [9.17, 15) is 5.11 Å². The van der Waals surface area contributed by atoms with Crippen molar-refractivity contribution in [3.8, 4) is 11.5 Å². The fourth-order valence-corrected chi connectivity index (χ4v) is 1.44. The van der Waals surface area contributed by atoms with Gasteiger partial charge in [-0.2, -0.15) is 0 Å². The Balaban J connectivity index is 2.01. The third-order valence-corrected chi connectivity index (χ3v) is 2.50. The molecule has 0 spiro atoms. The molecule has 1 aliphatic rings. The van der Waals surface area contributed by atoms with Crippen LogP contribution in [0.4, 0.5) is 0 Å². The zero-order valence-electron chi connectivity index (χ0n) is 8.14. The van der Waals surface area contributed by atoms with Crippen molar-refractivity contribution in [1.82, 2.24) is 0 Å². The summed E-state index contributed by atoms with van der Waals surface area (Å²) < 4.78 is 10.6. The summed E-state index contributed by atoms with van der Waals surface area (Å²) in [5.74, 6) is 1.53. The normalized spacial score (nSPS) is 25.3. The summed E-state index contributed by atoms with van der Waals surface area (Å²) in [6.45, 7) is 0. The Morgan fingerprint density at radius 2 is 2.07 bits per heavy atom. The van der Waals surface area contributed by atoms with Gasteiger partial charge in [0.05, 0.1) is 13.2 Å². The number of benzene rings is 1. The second-order valence-electron chi connectivity index (χ2n) is 3.48. The summed E-state index contributed by atoms with van der Waals surface area (Å²) in [4.78, 5) is 0. The standard InChI is InChI=1S/C11H14O3/c1-13-8-3-2-4-9(7-8)14-11-6-5-10(11)12/h2-4,7,10-12H,5-6H2,1H3/t10-,11-/m1/s1. The predicted octanol–water partition coefficient (Wildman–Crippen LogP) is 1.60. The highest BCUT2D eigenvalue weighted by atomic mass is 16.5. The molecule has 1 aromatic carbocycles. The maximum absolute atomic E-state index is 9.34. The molecular formula is C11H14O3. The van der Waals surface area contributed by atoms with E-state index in [1.165, 1.54) is 0 Å². The van der Waals surface area contributed by atoms with Crippen molar-refractivity contribution in [2.24, 2.45) is 0 Å². The lowest BCUT2D eigenvalue weighted by Gasteiger charge is -2.32. The Kier molecular flexibility index (Phi) is 2.59. The lowest BCUT2D eigenvalue weighted by molar-refractivity contribution is -0.0362. The molecule has 2 atom stereocenters. The van der Waals surface area contributed by atoms with Crippen molar-refractivity contribution < 1.29 is 14.6 Å². The SMILES string of the molecule is COc1cccc(O[C@@H]2CC[C@H]2O)c1. The van der Waals surface area contributed by atoms with Crippen LogP contribution in [-0.2, 0) is 0 Å². The highest BCUT2D eigenvalue weighted by Gasteiger charge is 2.30. The number of methoxy groups -OCH3 is 1. The van der Waals surface area contributed by atoms with E-state index in [1.807, 2.05) is 24.3 Å². The third-order valence-electron chi connectivity index (χ3n) is 2.50. The highest BCUT2D eigenvalue weighted by Crippen LogP contribution is 2.27. The fourth-order valence-electron chi connectivity index (χ4n) is 1.44. The third kappa shape index (κ3) is 1.82. The molecule has 3 heteroatoms. The zero-order chi connectivity index (χ0) is 9.97. The molecule has 76 valence electrons. The molecule has 14 heavy (non-hydrogen) atoms. The van der Waals surface area contributed by atoms with E-state index in [0.717, 1.165) is 24.3 Å². The molecule has 3 nitrogen and oxygen atoms in total. The first-order valence-corrected chi connectivity index (χ1v) is 4.78. The molecule has 2 rings (SSSR count). The molecule has 0 unspecified atom stereocenters. The van der Waals surface area contributed by atoms with Crippen LogP contribution in [0.15, 0.2) is 24.3 Å². The van der Waals surface area contributed by atoms with Gasteiger partial charge >= 0.3 is 0 Å². The summed E-state index contributed by atoms with van der Waals surface area (Å²) in [5.41, 5.74) is 0. The lowest BCUT2D eigenvalue weighted by Crippen LogP contribution is -2.41. The summed E-state index contributed by atoms with van der Waals surface area (Å²) in [6.07, 6.45) is 1.43. The van der Waals surface area contributed by atoms with Crippen molar-refractivity contribution in [2.75, 3.05) is 7.11 Å². The van der Waals surface area contributed by atoms with Crippen molar-refractivity contribution in [3.05, 3.63) is 24.3 Å². The van der Waals surface area contributed by atoms with Gasteiger partial charge in [0.1, 0.15) is 17.6 Å². The minimum atomic E-state index is -0.304. The van der Waals surface area contributed by atoms with Gasteiger partial charge in [0, 0.05) is 6.07 Å². The monoisotopic (exact) mass is 194 g/mol. The number of ether oxygens (including phenoxy) is 2. The molecule has 1 N–H and O–H groups in total. The second-order valence-corrected chi connectivity index (χ2v) is 3.48. The van der Waals surface area contributed by atoms with Crippen molar-refractivity contribution in [3.63, 3.8) is 0 Å². The molecular weight excluding hydrogens is 180 g/mol. The molecule has 0 radical (unpaired) electrons. The van der Waals surface area contributed by atoms with E-state index in [0.29, 0.717) is 0 Å². The Morgan fingerprint density at radius 3 is 2.64 bits per heavy atom. The van der Waals surface area contributed by atoms with Gasteiger partial charge in [-0.25, -0.2) is 0 Å². The van der Waals surface area contributed by atoms with Crippen LogP contribution in [-0.4, -0.2) is 24.4 Å². The quantitative estimate of drug-likeness (QED) is 0.794. The smallest absolute Gasteiger partial charge is 0.125 e. The highest BCUT2D eigenvalue weighted by molar-refractivity contribution is 5.33. The number of aliphatic hydroxyl groups excluding tert-OH is 1. The van der Waals surface area contributed by atoms with Gasteiger partial charge in [-0.1, -0.05) is 6.07 Å². The molecule has 1 aromatic rings. The maximum Gasteiger partial charge on any atom is 0.125 e. The van der Waals surface area contributed by atoms with Crippen molar-refractivity contribution in [2.45, 2.75) is 25.0 Å². The Bertz CT molecular complexity index is 311. The Labute approximate surface area is 83.3 Å². The van der Waals surface area contributed by atoms with Gasteiger partial charge in [0.25, 0.3) is 0 Å². The van der Waals surface area contributed by atoms with E-state index >= 15 is 0 Å². The number of hydrogen-bond donors (Lipinski definition) is 1. The van der Waals surface area contributed by atoms with Gasteiger partial charge in [-0.15, -0.1) is 0 Å². The summed E-state index contributed by atoms with van der Waals surface area (Å²) in [6, 6.07) is 7.43. The van der Waals surface area contributed by atoms with Crippen LogP contribution in [0.25, 0.3) is 0 Å². The van der Waals surface area contributed by atoms with Crippen LogP contribution in [0.2, 0.25) is 0 Å². The van der Waals surface area contributed by atoms with Crippen LogP contribution >= 0.6 is 0 Å². The van der Waals surface area contributed by atoms with Crippen molar-refractivity contribution in [1.29, 1.82) is 0 Å². The molecule has 1 aliphatic carbocycles. The molecule has 0 amide bonds. The van der Waals surface area contributed by atoms with Gasteiger partial charge < -0.3 is 14.6 Å². The van der Waals surface area contributed by atoms with Crippen molar-refractivity contribution >= 4 is 0 Å². The number of aliphatic hydroxyl groups is 1.